The summed E-state index contributed by atoms with van der Waals surface area (Å²) in [5.41, 5.74) is 2.31. The molecule has 2 rings (SSSR count). The molecule has 0 saturated carbocycles. The largest absolute Gasteiger partial charge is 0.352 e. The quantitative estimate of drug-likeness (QED) is 0.556. The Kier molecular flexibility index (Phi) is 9.21. The summed E-state index contributed by atoms with van der Waals surface area (Å²) in [4.78, 5) is 24.4. The molecular weight excluding hydrogens is 414 g/mol. The summed E-state index contributed by atoms with van der Waals surface area (Å²) in [6, 6.07) is 13.8. The molecule has 2 N–H and O–H groups in total. The zero-order valence-electron chi connectivity index (χ0n) is 18.3. The summed E-state index contributed by atoms with van der Waals surface area (Å²) < 4.78 is 26.5. The average molecular weight is 446 g/mol. The number of rotatable bonds is 11. The summed E-state index contributed by atoms with van der Waals surface area (Å²) >= 11 is 0. The van der Waals surface area contributed by atoms with Crippen molar-refractivity contribution in [3.8, 4) is 0 Å². The van der Waals surface area contributed by atoms with Crippen LogP contribution in [0.5, 0.6) is 0 Å². The van der Waals surface area contributed by atoms with E-state index in [1.165, 1.54) is 4.31 Å². The van der Waals surface area contributed by atoms with E-state index in [0.29, 0.717) is 38.2 Å². The molecule has 0 aliphatic carbocycles. The number of nitrogens with one attached hydrogen (secondary N) is 2. The minimum atomic E-state index is -3.48. The van der Waals surface area contributed by atoms with Crippen LogP contribution in [0.1, 0.15) is 48.7 Å². The van der Waals surface area contributed by atoms with Crippen molar-refractivity contribution in [1.82, 2.24) is 14.9 Å². The van der Waals surface area contributed by atoms with Gasteiger partial charge in [-0.05, 0) is 48.7 Å². The van der Waals surface area contributed by atoms with Gasteiger partial charge in [0.05, 0.1) is 4.90 Å². The Labute approximate surface area is 184 Å². The topological polar surface area (TPSA) is 95.6 Å². The van der Waals surface area contributed by atoms with Crippen molar-refractivity contribution in [2.24, 2.45) is 0 Å². The van der Waals surface area contributed by atoms with Gasteiger partial charge >= 0.3 is 0 Å². The first-order valence-electron chi connectivity index (χ1n) is 10.5. The molecule has 168 valence electrons. The van der Waals surface area contributed by atoms with Crippen molar-refractivity contribution in [1.29, 1.82) is 0 Å². The standard InChI is InChI=1S/C23H31N3O4S/c1-4-24-23(28)20-9-7-8-19(16-20)17-25-22(27)15-12-18-10-13-21(14-11-18)31(29,30)26(5-2)6-3/h7-11,13-14,16H,4-6,12,15,17H2,1-3H3,(H,24,28)(H,25,27). The number of aryl methyl sites for hydroxylation is 1. The van der Waals surface area contributed by atoms with Crippen molar-refractivity contribution < 1.29 is 18.0 Å². The number of nitrogens with zero attached hydrogens (tertiary/aromatic N) is 1. The van der Waals surface area contributed by atoms with Gasteiger partial charge in [0.25, 0.3) is 5.91 Å². The van der Waals surface area contributed by atoms with E-state index in [1.54, 1.807) is 42.5 Å². The third-order valence-corrected chi connectivity index (χ3v) is 6.99. The van der Waals surface area contributed by atoms with Gasteiger partial charge in [0.1, 0.15) is 0 Å². The summed E-state index contributed by atoms with van der Waals surface area (Å²) in [5.74, 6) is -0.245. The Morgan fingerprint density at radius 1 is 0.903 bits per heavy atom. The van der Waals surface area contributed by atoms with Crippen LogP contribution < -0.4 is 10.6 Å². The number of amides is 2. The van der Waals surface area contributed by atoms with Gasteiger partial charge in [-0.25, -0.2) is 8.42 Å². The maximum Gasteiger partial charge on any atom is 0.251 e. The van der Waals surface area contributed by atoms with Crippen molar-refractivity contribution >= 4 is 21.8 Å². The minimum absolute atomic E-state index is 0.108. The molecule has 2 aromatic carbocycles. The summed E-state index contributed by atoms with van der Waals surface area (Å²) in [6.07, 6.45) is 0.800. The average Bonchev–Trinajstić information content (AvgIpc) is 2.77. The zero-order chi connectivity index (χ0) is 22.9. The van der Waals surface area contributed by atoms with Crippen LogP contribution in [0.2, 0.25) is 0 Å². The van der Waals surface area contributed by atoms with E-state index in [0.717, 1.165) is 11.1 Å². The molecule has 0 unspecified atom stereocenters. The fourth-order valence-corrected chi connectivity index (χ4v) is 4.63. The van der Waals surface area contributed by atoms with E-state index in [-0.39, 0.29) is 23.1 Å². The molecule has 31 heavy (non-hydrogen) atoms. The lowest BCUT2D eigenvalue weighted by molar-refractivity contribution is -0.121. The highest BCUT2D eigenvalue weighted by atomic mass is 32.2. The third kappa shape index (κ3) is 6.90. The Hall–Kier alpha value is -2.71. The van der Waals surface area contributed by atoms with Gasteiger partial charge in [-0.15, -0.1) is 0 Å². The lowest BCUT2D eigenvalue weighted by Crippen LogP contribution is -2.30. The third-order valence-electron chi connectivity index (χ3n) is 4.92. The summed E-state index contributed by atoms with van der Waals surface area (Å²) in [5, 5.41) is 5.61. The van der Waals surface area contributed by atoms with E-state index >= 15 is 0 Å². The molecule has 0 aliphatic rings. The van der Waals surface area contributed by atoms with Crippen LogP contribution in [-0.2, 0) is 27.8 Å². The molecule has 0 atom stereocenters. The predicted octanol–water partition coefficient (Wildman–Crippen LogP) is 2.72. The molecular formula is C23H31N3O4S. The van der Waals surface area contributed by atoms with Crippen LogP contribution in [0.4, 0.5) is 0 Å². The van der Waals surface area contributed by atoms with Gasteiger partial charge in [0, 0.05) is 38.2 Å². The number of carbonyl (C=O) groups is 2. The molecule has 0 spiro atoms. The molecule has 0 aromatic heterocycles. The number of benzene rings is 2. The first-order chi connectivity index (χ1) is 14.8. The molecule has 0 bridgehead atoms. The smallest absolute Gasteiger partial charge is 0.251 e. The highest BCUT2D eigenvalue weighted by Gasteiger charge is 2.21. The van der Waals surface area contributed by atoms with Crippen molar-refractivity contribution in [3.05, 3.63) is 65.2 Å². The maximum atomic E-state index is 12.5. The number of sulfonamides is 1. The first-order valence-corrected chi connectivity index (χ1v) is 12.0. The van der Waals surface area contributed by atoms with E-state index in [4.69, 9.17) is 0 Å². The maximum absolute atomic E-state index is 12.5. The summed E-state index contributed by atoms with van der Waals surface area (Å²) in [6.45, 7) is 7.23. The van der Waals surface area contributed by atoms with Gasteiger partial charge in [-0.1, -0.05) is 38.1 Å². The molecule has 8 heteroatoms. The SMILES string of the molecule is CCNC(=O)c1cccc(CNC(=O)CCc2ccc(S(=O)(=O)N(CC)CC)cc2)c1. The lowest BCUT2D eigenvalue weighted by Gasteiger charge is -2.18. The van der Waals surface area contributed by atoms with Crippen LogP contribution in [0.3, 0.4) is 0 Å². The van der Waals surface area contributed by atoms with Crippen molar-refractivity contribution in [2.75, 3.05) is 19.6 Å². The van der Waals surface area contributed by atoms with E-state index in [9.17, 15) is 18.0 Å². The second kappa shape index (κ2) is 11.6. The Morgan fingerprint density at radius 3 is 2.19 bits per heavy atom. The zero-order valence-corrected chi connectivity index (χ0v) is 19.2. The van der Waals surface area contributed by atoms with E-state index in [2.05, 4.69) is 10.6 Å². The lowest BCUT2D eigenvalue weighted by atomic mass is 10.1. The van der Waals surface area contributed by atoms with Crippen LogP contribution in [0, 0.1) is 0 Å². The highest BCUT2D eigenvalue weighted by Crippen LogP contribution is 2.17. The molecule has 0 saturated heterocycles. The van der Waals surface area contributed by atoms with Gasteiger partial charge in [0.2, 0.25) is 15.9 Å². The Bertz CT molecular complexity index is 984. The van der Waals surface area contributed by atoms with Crippen molar-refractivity contribution in [2.45, 2.75) is 45.1 Å². The second-order valence-electron chi connectivity index (χ2n) is 7.07. The Morgan fingerprint density at radius 2 is 1.58 bits per heavy atom. The summed E-state index contributed by atoms with van der Waals surface area (Å²) in [7, 11) is -3.48. The fourth-order valence-electron chi connectivity index (χ4n) is 3.17. The monoisotopic (exact) mass is 445 g/mol. The fraction of sp³-hybridized carbons (Fsp3) is 0.391. The van der Waals surface area contributed by atoms with Gasteiger partial charge in [-0.3, -0.25) is 9.59 Å². The number of hydrogen-bond acceptors (Lipinski definition) is 4. The first kappa shape index (κ1) is 24.6. The number of hydrogen-bond donors (Lipinski definition) is 2. The molecule has 7 nitrogen and oxygen atoms in total. The van der Waals surface area contributed by atoms with Crippen LogP contribution in [-0.4, -0.2) is 44.2 Å². The van der Waals surface area contributed by atoms with Gasteiger partial charge in [0.15, 0.2) is 0 Å². The molecule has 0 radical (unpaired) electrons. The predicted molar refractivity (Wildman–Crippen MR) is 121 cm³/mol. The van der Waals surface area contributed by atoms with Crippen LogP contribution in [0.15, 0.2) is 53.4 Å². The molecule has 0 fully saturated rings. The minimum Gasteiger partial charge on any atom is -0.352 e. The van der Waals surface area contributed by atoms with Gasteiger partial charge in [-0.2, -0.15) is 4.31 Å². The van der Waals surface area contributed by atoms with E-state index < -0.39 is 10.0 Å². The normalized spacial score (nSPS) is 11.4. The highest BCUT2D eigenvalue weighted by molar-refractivity contribution is 7.89. The Balaban J connectivity index is 1.88. The van der Waals surface area contributed by atoms with Crippen LogP contribution >= 0.6 is 0 Å². The van der Waals surface area contributed by atoms with Gasteiger partial charge < -0.3 is 10.6 Å². The van der Waals surface area contributed by atoms with E-state index in [1.807, 2.05) is 26.8 Å². The molecule has 0 aliphatic heterocycles. The van der Waals surface area contributed by atoms with Crippen molar-refractivity contribution in [3.63, 3.8) is 0 Å². The van der Waals surface area contributed by atoms with Crippen LogP contribution in [0.25, 0.3) is 0 Å². The number of carbonyl (C=O) groups excluding carboxylic acids is 2. The molecule has 0 heterocycles. The molecule has 2 amide bonds. The molecule has 2 aromatic rings. The second-order valence-corrected chi connectivity index (χ2v) is 9.01.